The predicted octanol–water partition coefficient (Wildman–Crippen LogP) is 2.33. The van der Waals surface area contributed by atoms with Crippen molar-refractivity contribution in [2.75, 3.05) is 13.1 Å². The average Bonchev–Trinajstić information content (AvgIpc) is 3.28. The lowest BCUT2D eigenvalue weighted by Crippen LogP contribution is -2.36. The normalized spacial score (nSPS) is 26.8. The van der Waals surface area contributed by atoms with Crippen LogP contribution in [0.2, 0.25) is 0 Å². The van der Waals surface area contributed by atoms with E-state index in [-0.39, 0.29) is 24.4 Å². The third-order valence-corrected chi connectivity index (χ3v) is 5.74. The summed E-state index contributed by atoms with van der Waals surface area (Å²) < 4.78 is 1.74. The molecule has 1 aromatic heterocycles. The number of likely N-dealkylation sites (tertiary alicyclic amines) is 1. The molecule has 3 atom stereocenters. The van der Waals surface area contributed by atoms with Gasteiger partial charge in [-0.2, -0.15) is 4.68 Å². The maximum absolute atomic E-state index is 11.9. The van der Waals surface area contributed by atoms with E-state index in [2.05, 4.69) is 27.3 Å². The third-order valence-electron chi connectivity index (χ3n) is 5.74. The number of hydrogen-bond donors (Lipinski definition) is 1. The minimum absolute atomic E-state index is 0. The molecule has 0 radical (unpaired) electrons. The molecule has 8 heteroatoms. The van der Waals surface area contributed by atoms with Crippen molar-refractivity contribution in [2.24, 2.45) is 11.3 Å². The van der Waals surface area contributed by atoms with Crippen molar-refractivity contribution in [3.63, 3.8) is 0 Å². The molecule has 4 rings (SSSR count). The van der Waals surface area contributed by atoms with Gasteiger partial charge in [0.25, 0.3) is 0 Å². The predicted molar refractivity (Wildman–Crippen MR) is 93.8 cm³/mol. The first-order valence-corrected chi connectivity index (χ1v) is 8.43. The Kier molecular flexibility index (Phi) is 4.79. The van der Waals surface area contributed by atoms with Gasteiger partial charge in [-0.1, -0.05) is 24.6 Å². The molecule has 1 saturated heterocycles. The SMILES string of the molecule is CC(c1nnnn1-c1ccccc1)N1C[C@@H]2CCC[C@@]2(C(=O)O)C1.Cl. The Hall–Kier alpha value is -1.99. The Labute approximate surface area is 152 Å². The molecule has 0 spiro atoms. The molecule has 134 valence electrons. The summed E-state index contributed by atoms with van der Waals surface area (Å²) in [7, 11) is 0. The minimum atomic E-state index is -0.651. The first-order chi connectivity index (χ1) is 11.6. The molecule has 1 aliphatic carbocycles. The Morgan fingerprint density at radius 3 is 2.80 bits per heavy atom. The maximum Gasteiger partial charge on any atom is 0.311 e. The van der Waals surface area contributed by atoms with E-state index in [9.17, 15) is 9.90 Å². The molecule has 0 amide bonds. The zero-order valence-corrected chi connectivity index (χ0v) is 14.9. The topological polar surface area (TPSA) is 84.1 Å². The molecule has 1 N–H and O–H groups in total. The fourth-order valence-electron chi connectivity index (χ4n) is 4.34. The second-order valence-corrected chi connectivity index (χ2v) is 6.94. The van der Waals surface area contributed by atoms with Gasteiger partial charge in [0, 0.05) is 13.1 Å². The molecule has 25 heavy (non-hydrogen) atoms. The number of carboxylic acids is 1. The van der Waals surface area contributed by atoms with Crippen LogP contribution in [0.5, 0.6) is 0 Å². The fraction of sp³-hybridized carbons (Fsp3) is 0.529. The smallest absolute Gasteiger partial charge is 0.311 e. The van der Waals surface area contributed by atoms with E-state index in [1.807, 2.05) is 30.3 Å². The van der Waals surface area contributed by atoms with Crippen LogP contribution in [0, 0.1) is 11.3 Å². The highest BCUT2D eigenvalue weighted by atomic mass is 35.5. The van der Waals surface area contributed by atoms with Gasteiger partial charge >= 0.3 is 5.97 Å². The number of nitrogens with zero attached hydrogens (tertiary/aromatic N) is 5. The van der Waals surface area contributed by atoms with Crippen LogP contribution < -0.4 is 0 Å². The molecule has 2 aliphatic rings. The average molecular weight is 364 g/mol. The van der Waals surface area contributed by atoms with Crippen molar-refractivity contribution in [3.05, 3.63) is 36.2 Å². The molecule has 2 aromatic rings. The number of fused-ring (bicyclic) bond motifs is 1. The zero-order chi connectivity index (χ0) is 16.7. The van der Waals surface area contributed by atoms with Gasteiger partial charge in [-0.25, -0.2) is 0 Å². The van der Waals surface area contributed by atoms with Crippen molar-refractivity contribution in [3.8, 4) is 5.69 Å². The van der Waals surface area contributed by atoms with E-state index in [0.29, 0.717) is 6.54 Å². The number of carboxylic acid groups (broad SMARTS) is 1. The number of rotatable bonds is 4. The maximum atomic E-state index is 11.9. The minimum Gasteiger partial charge on any atom is -0.481 e. The summed E-state index contributed by atoms with van der Waals surface area (Å²) in [5.74, 6) is 0.336. The summed E-state index contributed by atoms with van der Waals surface area (Å²) in [5, 5.41) is 21.9. The van der Waals surface area contributed by atoms with Gasteiger partial charge in [0.05, 0.1) is 17.1 Å². The number of halogens is 1. The lowest BCUT2D eigenvalue weighted by atomic mass is 9.81. The highest BCUT2D eigenvalue weighted by molar-refractivity contribution is 5.85. The molecular weight excluding hydrogens is 342 g/mol. The molecule has 1 unspecified atom stereocenters. The molecule has 1 aliphatic heterocycles. The summed E-state index contributed by atoms with van der Waals surface area (Å²) in [4.78, 5) is 14.1. The van der Waals surface area contributed by atoms with Gasteiger partial charge < -0.3 is 5.11 Å². The van der Waals surface area contributed by atoms with Crippen LogP contribution in [0.15, 0.2) is 30.3 Å². The highest BCUT2D eigenvalue weighted by Crippen LogP contribution is 2.50. The Morgan fingerprint density at radius 1 is 1.36 bits per heavy atom. The Bertz CT molecular complexity index is 753. The van der Waals surface area contributed by atoms with Crippen LogP contribution >= 0.6 is 12.4 Å². The van der Waals surface area contributed by atoms with Gasteiger partial charge in [-0.05, 0) is 48.2 Å². The van der Waals surface area contributed by atoms with Gasteiger partial charge in [0.2, 0.25) is 0 Å². The Morgan fingerprint density at radius 2 is 2.12 bits per heavy atom. The largest absolute Gasteiger partial charge is 0.481 e. The molecule has 2 heterocycles. The number of aromatic nitrogens is 4. The monoisotopic (exact) mass is 363 g/mol. The van der Waals surface area contributed by atoms with E-state index in [1.165, 1.54) is 0 Å². The van der Waals surface area contributed by atoms with Crippen LogP contribution in [-0.2, 0) is 4.79 Å². The van der Waals surface area contributed by atoms with Crippen LogP contribution in [0.25, 0.3) is 5.69 Å². The highest BCUT2D eigenvalue weighted by Gasteiger charge is 2.55. The second-order valence-electron chi connectivity index (χ2n) is 6.94. The molecule has 1 saturated carbocycles. The van der Waals surface area contributed by atoms with E-state index in [0.717, 1.165) is 37.3 Å². The van der Waals surface area contributed by atoms with Crippen LogP contribution in [-0.4, -0.2) is 49.3 Å². The molecular formula is C17H22ClN5O2. The lowest BCUT2D eigenvalue weighted by Gasteiger charge is -2.26. The van der Waals surface area contributed by atoms with Crippen molar-refractivity contribution in [1.82, 2.24) is 25.1 Å². The van der Waals surface area contributed by atoms with Crippen LogP contribution in [0.1, 0.15) is 38.1 Å². The van der Waals surface area contributed by atoms with E-state index >= 15 is 0 Å². The zero-order valence-electron chi connectivity index (χ0n) is 14.1. The molecule has 1 aromatic carbocycles. The van der Waals surface area contributed by atoms with Gasteiger partial charge in [0.1, 0.15) is 0 Å². The van der Waals surface area contributed by atoms with Crippen molar-refractivity contribution < 1.29 is 9.90 Å². The quantitative estimate of drug-likeness (QED) is 0.897. The fourth-order valence-corrected chi connectivity index (χ4v) is 4.34. The lowest BCUT2D eigenvalue weighted by molar-refractivity contribution is -0.149. The third kappa shape index (κ3) is 2.81. The number of hydrogen-bond acceptors (Lipinski definition) is 5. The first-order valence-electron chi connectivity index (χ1n) is 8.43. The first kappa shape index (κ1) is 17.8. The second kappa shape index (κ2) is 6.72. The Balaban J connectivity index is 0.00000182. The summed E-state index contributed by atoms with van der Waals surface area (Å²) in [5.41, 5.74) is 0.330. The van der Waals surface area contributed by atoms with Crippen molar-refractivity contribution >= 4 is 18.4 Å². The van der Waals surface area contributed by atoms with E-state index in [4.69, 9.17) is 0 Å². The van der Waals surface area contributed by atoms with Crippen LogP contribution in [0.3, 0.4) is 0 Å². The summed E-state index contributed by atoms with van der Waals surface area (Å²) in [6.45, 7) is 3.44. The summed E-state index contributed by atoms with van der Waals surface area (Å²) >= 11 is 0. The molecule has 0 bridgehead atoms. The number of benzene rings is 1. The molecule has 2 fully saturated rings. The van der Waals surface area contributed by atoms with Crippen molar-refractivity contribution in [1.29, 1.82) is 0 Å². The number of tetrazole rings is 1. The van der Waals surface area contributed by atoms with Crippen molar-refractivity contribution in [2.45, 2.75) is 32.2 Å². The van der Waals surface area contributed by atoms with E-state index in [1.54, 1.807) is 4.68 Å². The number of aliphatic carboxylic acids is 1. The standard InChI is InChI=1S/C17H21N5O2.ClH/c1-12(15-18-19-20-22(15)14-7-3-2-4-8-14)21-10-13-6-5-9-17(13,11-21)16(23)24;/h2-4,7-8,12-13H,5-6,9-11H2,1H3,(H,23,24);1H/t12?,13-,17+;/m0./s1. The summed E-state index contributed by atoms with van der Waals surface area (Å²) in [6, 6.07) is 9.75. The van der Waals surface area contributed by atoms with Gasteiger partial charge in [0.15, 0.2) is 5.82 Å². The number of para-hydroxylation sites is 1. The van der Waals surface area contributed by atoms with Gasteiger partial charge in [-0.3, -0.25) is 9.69 Å². The van der Waals surface area contributed by atoms with Gasteiger partial charge in [-0.15, -0.1) is 17.5 Å². The number of carbonyl (C=O) groups is 1. The molecule has 7 nitrogen and oxygen atoms in total. The van der Waals surface area contributed by atoms with Crippen LogP contribution in [0.4, 0.5) is 0 Å². The van der Waals surface area contributed by atoms with E-state index < -0.39 is 11.4 Å². The summed E-state index contributed by atoms with van der Waals surface area (Å²) in [6.07, 6.45) is 2.79.